The molecule has 1 aliphatic rings. The van der Waals surface area contributed by atoms with Crippen LogP contribution in [0.4, 0.5) is 0 Å². The van der Waals surface area contributed by atoms with Crippen LogP contribution < -0.4 is 5.32 Å². The predicted molar refractivity (Wildman–Crippen MR) is 104 cm³/mol. The highest BCUT2D eigenvalue weighted by Crippen LogP contribution is 2.11. The van der Waals surface area contributed by atoms with Gasteiger partial charge in [0.25, 0.3) is 5.91 Å². The standard InChI is InChI=1S/C20H25N3O2S/c1-16-5-2-6-17(13-16)20(25)23-9-4-8-22(10-11-23)15-19(24)21-14-18-7-3-12-26-18/h2-3,5-7,12-13H,4,8-11,14-15H2,1H3,(H,21,24). The van der Waals surface area contributed by atoms with E-state index in [1.165, 1.54) is 0 Å². The fourth-order valence-corrected chi connectivity index (χ4v) is 3.80. The van der Waals surface area contributed by atoms with Gasteiger partial charge in [-0.05, 0) is 36.9 Å². The molecule has 0 bridgehead atoms. The molecule has 3 rings (SSSR count). The monoisotopic (exact) mass is 371 g/mol. The molecule has 0 atom stereocenters. The van der Waals surface area contributed by atoms with Gasteiger partial charge in [0.15, 0.2) is 0 Å². The van der Waals surface area contributed by atoms with Crippen LogP contribution in [-0.2, 0) is 11.3 Å². The number of aryl methyl sites for hydroxylation is 1. The van der Waals surface area contributed by atoms with Gasteiger partial charge in [0.05, 0.1) is 13.1 Å². The Bertz CT molecular complexity index is 745. The molecule has 1 N–H and O–H groups in total. The summed E-state index contributed by atoms with van der Waals surface area (Å²) in [6.45, 7) is 5.93. The Balaban J connectivity index is 1.48. The zero-order chi connectivity index (χ0) is 18.4. The van der Waals surface area contributed by atoms with Crippen molar-refractivity contribution >= 4 is 23.2 Å². The lowest BCUT2D eigenvalue weighted by molar-refractivity contribution is -0.122. The van der Waals surface area contributed by atoms with Crippen molar-refractivity contribution in [3.63, 3.8) is 0 Å². The van der Waals surface area contributed by atoms with Gasteiger partial charge >= 0.3 is 0 Å². The lowest BCUT2D eigenvalue weighted by Gasteiger charge is -2.22. The van der Waals surface area contributed by atoms with E-state index in [1.807, 2.05) is 53.6 Å². The number of carbonyl (C=O) groups excluding carboxylic acids is 2. The van der Waals surface area contributed by atoms with Crippen LogP contribution in [0.5, 0.6) is 0 Å². The van der Waals surface area contributed by atoms with E-state index in [0.717, 1.165) is 42.1 Å². The number of benzene rings is 1. The van der Waals surface area contributed by atoms with Gasteiger partial charge in [0.1, 0.15) is 0 Å². The molecule has 0 saturated carbocycles. The third-order valence-electron chi connectivity index (χ3n) is 4.55. The molecule has 0 spiro atoms. The number of hydrogen-bond donors (Lipinski definition) is 1. The maximum absolute atomic E-state index is 12.7. The normalized spacial score (nSPS) is 15.5. The second-order valence-corrected chi connectivity index (χ2v) is 7.68. The summed E-state index contributed by atoms with van der Waals surface area (Å²) in [6.07, 6.45) is 0.885. The minimum Gasteiger partial charge on any atom is -0.350 e. The van der Waals surface area contributed by atoms with E-state index in [9.17, 15) is 9.59 Å². The van der Waals surface area contributed by atoms with Gasteiger partial charge in [-0.3, -0.25) is 14.5 Å². The van der Waals surface area contributed by atoms with E-state index in [4.69, 9.17) is 0 Å². The smallest absolute Gasteiger partial charge is 0.253 e. The number of thiophene rings is 1. The van der Waals surface area contributed by atoms with Crippen molar-refractivity contribution in [2.24, 2.45) is 0 Å². The van der Waals surface area contributed by atoms with Gasteiger partial charge < -0.3 is 10.2 Å². The molecule has 0 aliphatic carbocycles. The summed E-state index contributed by atoms with van der Waals surface area (Å²) in [4.78, 5) is 30.1. The summed E-state index contributed by atoms with van der Waals surface area (Å²) < 4.78 is 0. The molecular weight excluding hydrogens is 346 g/mol. The third kappa shape index (κ3) is 5.16. The van der Waals surface area contributed by atoms with Crippen LogP contribution in [-0.4, -0.2) is 54.3 Å². The topological polar surface area (TPSA) is 52.7 Å². The van der Waals surface area contributed by atoms with E-state index < -0.39 is 0 Å². The summed E-state index contributed by atoms with van der Waals surface area (Å²) in [6, 6.07) is 11.7. The van der Waals surface area contributed by atoms with Crippen molar-refractivity contribution in [1.82, 2.24) is 15.1 Å². The molecule has 2 amide bonds. The van der Waals surface area contributed by atoms with E-state index in [-0.39, 0.29) is 11.8 Å². The quantitative estimate of drug-likeness (QED) is 0.879. The SMILES string of the molecule is Cc1cccc(C(=O)N2CCCN(CC(=O)NCc3cccs3)CC2)c1. The molecule has 2 heterocycles. The molecule has 138 valence electrons. The first-order valence-electron chi connectivity index (χ1n) is 8.99. The van der Waals surface area contributed by atoms with Crippen molar-refractivity contribution in [3.05, 3.63) is 57.8 Å². The Morgan fingerprint density at radius 1 is 1.12 bits per heavy atom. The van der Waals surface area contributed by atoms with E-state index >= 15 is 0 Å². The largest absolute Gasteiger partial charge is 0.350 e. The predicted octanol–water partition coefficient (Wildman–Crippen LogP) is 2.52. The van der Waals surface area contributed by atoms with E-state index in [2.05, 4.69) is 10.2 Å². The van der Waals surface area contributed by atoms with Crippen molar-refractivity contribution < 1.29 is 9.59 Å². The van der Waals surface area contributed by atoms with Crippen LogP contribution in [0.15, 0.2) is 41.8 Å². The Morgan fingerprint density at radius 2 is 2.00 bits per heavy atom. The number of amides is 2. The molecule has 1 fully saturated rings. The fourth-order valence-electron chi connectivity index (χ4n) is 3.15. The first-order valence-corrected chi connectivity index (χ1v) is 9.87. The lowest BCUT2D eigenvalue weighted by atomic mass is 10.1. The zero-order valence-corrected chi connectivity index (χ0v) is 15.9. The van der Waals surface area contributed by atoms with Crippen molar-refractivity contribution in [2.45, 2.75) is 19.9 Å². The second kappa shape index (κ2) is 8.96. The van der Waals surface area contributed by atoms with Gasteiger partial charge in [0, 0.05) is 36.6 Å². The fraction of sp³-hybridized carbons (Fsp3) is 0.400. The van der Waals surface area contributed by atoms with E-state index in [0.29, 0.717) is 19.6 Å². The maximum Gasteiger partial charge on any atom is 0.253 e. The molecule has 1 saturated heterocycles. The summed E-state index contributed by atoms with van der Waals surface area (Å²) in [7, 11) is 0. The third-order valence-corrected chi connectivity index (χ3v) is 5.42. The lowest BCUT2D eigenvalue weighted by Crippen LogP contribution is -2.39. The average molecular weight is 372 g/mol. The Hall–Kier alpha value is -2.18. The second-order valence-electron chi connectivity index (χ2n) is 6.65. The highest BCUT2D eigenvalue weighted by molar-refractivity contribution is 7.09. The number of rotatable bonds is 5. The first kappa shape index (κ1) is 18.6. The average Bonchev–Trinajstić information content (AvgIpc) is 3.05. The first-order chi connectivity index (χ1) is 12.6. The Labute approximate surface area is 158 Å². The van der Waals surface area contributed by atoms with Gasteiger partial charge in [-0.1, -0.05) is 23.8 Å². The van der Waals surface area contributed by atoms with Crippen molar-refractivity contribution in [2.75, 3.05) is 32.7 Å². The molecule has 1 aromatic carbocycles. The number of carbonyl (C=O) groups is 2. The van der Waals surface area contributed by atoms with Crippen LogP contribution >= 0.6 is 11.3 Å². The summed E-state index contributed by atoms with van der Waals surface area (Å²) in [5.74, 6) is 0.120. The molecule has 6 heteroatoms. The maximum atomic E-state index is 12.7. The molecule has 2 aromatic rings. The summed E-state index contributed by atoms with van der Waals surface area (Å²) >= 11 is 1.64. The van der Waals surface area contributed by atoms with Crippen LogP contribution in [0.3, 0.4) is 0 Å². The summed E-state index contributed by atoms with van der Waals surface area (Å²) in [5.41, 5.74) is 1.84. The van der Waals surface area contributed by atoms with E-state index in [1.54, 1.807) is 11.3 Å². The zero-order valence-electron chi connectivity index (χ0n) is 15.1. The molecule has 1 aromatic heterocycles. The highest BCUT2D eigenvalue weighted by Gasteiger charge is 2.21. The molecule has 26 heavy (non-hydrogen) atoms. The van der Waals surface area contributed by atoms with Crippen LogP contribution in [0.1, 0.15) is 27.2 Å². The van der Waals surface area contributed by atoms with Crippen LogP contribution in [0.2, 0.25) is 0 Å². The Morgan fingerprint density at radius 3 is 2.77 bits per heavy atom. The minimum absolute atomic E-state index is 0.0388. The molecule has 5 nitrogen and oxygen atoms in total. The Kier molecular flexibility index (Phi) is 6.41. The highest BCUT2D eigenvalue weighted by atomic mass is 32.1. The molecule has 1 aliphatic heterocycles. The molecular formula is C20H25N3O2S. The molecule has 0 unspecified atom stereocenters. The number of nitrogens with one attached hydrogen (secondary N) is 1. The number of hydrogen-bond acceptors (Lipinski definition) is 4. The molecule has 0 radical (unpaired) electrons. The van der Waals surface area contributed by atoms with Crippen LogP contribution in [0, 0.1) is 6.92 Å². The van der Waals surface area contributed by atoms with Crippen LogP contribution in [0.25, 0.3) is 0 Å². The van der Waals surface area contributed by atoms with Gasteiger partial charge in [-0.25, -0.2) is 0 Å². The summed E-state index contributed by atoms with van der Waals surface area (Å²) in [5, 5.41) is 4.98. The van der Waals surface area contributed by atoms with Gasteiger partial charge in [-0.2, -0.15) is 0 Å². The van der Waals surface area contributed by atoms with Gasteiger partial charge in [0.2, 0.25) is 5.91 Å². The number of nitrogens with zero attached hydrogens (tertiary/aromatic N) is 2. The minimum atomic E-state index is 0.0388. The van der Waals surface area contributed by atoms with Gasteiger partial charge in [-0.15, -0.1) is 11.3 Å². The van der Waals surface area contributed by atoms with Crippen molar-refractivity contribution in [3.8, 4) is 0 Å². The van der Waals surface area contributed by atoms with Crippen molar-refractivity contribution in [1.29, 1.82) is 0 Å².